The van der Waals surface area contributed by atoms with E-state index in [1.165, 1.54) is 29.5 Å². The summed E-state index contributed by atoms with van der Waals surface area (Å²) >= 11 is 1.23. The average molecular weight is 432 g/mol. The van der Waals surface area contributed by atoms with Gasteiger partial charge in [0.15, 0.2) is 4.80 Å². The highest BCUT2D eigenvalue weighted by Crippen LogP contribution is 2.21. The van der Waals surface area contributed by atoms with Crippen LogP contribution in [-0.4, -0.2) is 32.1 Å². The van der Waals surface area contributed by atoms with Crippen LogP contribution in [0.2, 0.25) is 0 Å². The molecule has 0 saturated carbocycles. The molecular weight excluding hydrogens is 410 g/mol. The average Bonchev–Trinajstić information content (AvgIpc) is 3.03. The van der Waals surface area contributed by atoms with Crippen LogP contribution in [-0.2, 0) is 26.1 Å². The molecular formula is C20H21N3O4S2. The summed E-state index contributed by atoms with van der Waals surface area (Å²) in [6.07, 6.45) is 3.10. The number of carbonyl (C=O) groups is 1. The molecule has 3 aromatic rings. The van der Waals surface area contributed by atoms with Gasteiger partial charge in [0.2, 0.25) is 10.0 Å². The van der Waals surface area contributed by atoms with Crippen LogP contribution in [0.5, 0.6) is 0 Å². The number of hydrogen-bond donors (Lipinski definition) is 1. The van der Waals surface area contributed by atoms with Gasteiger partial charge in [0, 0.05) is 19.2 Å². The van der Waals surface area contributed by atoms with Crippen molar-refractivity contribution >= 4 is 43.6 Å². The van der Waals surface area contributed by atoms with Crippen LogP contribution in [0, 0.1) is 0 Å². The van der Waals surface area contributed by atoms with Gasteiger partial charge in [-0.05, 0) is 36.8 Å². The van der Waals surface area contributed by atoms with Crippen molar-refractivity contribution in [2.24, 2.45) is 10.1 Å². The summed E-state index contributed by atoms with van der Waals surface area (Å²) in [5.41, 5.74) is 1.66. The van der Waals surface area contributed by atoms with E-state index in [-0.39, 0.29) is 4.90 Å². The van der Waals surface area contributed by atoms with Crippen molar-refractivity contribution in [3.05, 3.63) is 65.0 Å². The second-order valence-electron chi connectivity index (χ2n) is 6.10. The first kappa shape index (κ1) is 21.1. The fourth-order valence-electron chi connectivity index (χ4n) is 2.70. The van der Waals surface area contributed by atoms with Crippen molar-refractivity contribution in [2.45, 2.75) is 18.4 Å². The van der Waals surface area contributed by atoms with E-state index < -0.39 is 15.9 Å². The van der Waals surface area contributed by atoms with Crippen LogP contribution >= 0.6 is 11.3 Å². The van der Waals surface area contributed by atoms with Gasteiger partial charge >= 0.3 is 0 Å². The maximum atomic E-state index is 12.4. The Balaban J connectivity index is 2.01. The number of rotatable bonds is 7. The third-order valence-corrected chi connectivity index (χ3v) is 6.02. The standard InChI is InChI=1S/C20H21N3O4S2/c1-2-27-13-12-23-17-10-9-16(29(21,25)26)14-18(17)28-20(23)22-19(24)11-8-15-6-4-3-5-7-15/h3-11,14H,2,12-13H2,1H3,(H2,21,25,26)/b11-8+,22-20?. The van der Waals surface area contributed by atoms with Gasteiger partial charge in [-0.2, -0.15) is 4.99 Å². The van der Waals surface area contributed by atoms with Crippen molar-refractivity contribution in [1.29, 1.82) is 0 Å². The Morgan fingerprint density at radius 2 is 2.00 bits per heavy atom. The number of nitrogens with two attached hydrogens (primary N) is 1. The predicted octanol–water partition coefficient (Wildman–Crippen LogP) is 2.53. The molecule has 1 amide bonds. The highest BCUT2D eigenvalue weighted by Gasteiger charge is 2.13. The molecule has 0 aliphatic rings. The number of carbonyl (C=O) groups excluding carboxylic acids is 1. The van der Waals surface area contributed by atoms with Crippen molar-refractivity contribution in [3.8, 4) is 0 Å². The predicted molar refractivity (Wildman–Crippen MR) is 114 cm³/mol. The minimum Gasteiger partial charge on any atom is -0.380 e. The maximum Gasteiger partial charge on any atom is 0.272 e. The lowest BCUT2D eigenvalue weighted by Crippen LogP contribution is -2.19. The number of aromatic nitrogens is 1. The first-order valence-corrected chi connectivity index (χ1v) is 11.3. The van der Waals surface area contributed by atoms with E-state index >= 15 is 0 Å². The van der Waals surface area contributed by atoms with Crippen LogP contribution in [0.3, 0.4) is 0 Å². The Morgan fingerprint density at radius 1 is 1.24 bits per heavy atom. The first-order valence-electron chi connectivity index (χ1n) is 8.94. The molecule has 7 nitrogen and oxygen atoms in total. The fourth-order valence-corrected chi connectivity index (χ4v) is 4.41. The molecule has 9 heteroatoms. The smallest absolute Gasteiger partial charge is 0.272 e. The van der Waals surface area contributed by atoms with Gasteiger partial charge in [-0.3, -0.25) is 4.79 Å². The SMILES string of the molecule is CCOCCn1c(=NC(=O)/C=C/c2ccccc2)sc2cc(S(N)(=O)=O)ccc21. The molecule has 0 spiro atoms. The van der Waals surface area contributed by atoms with Crippen LogP contribution in [0.25, 0.3) is 16.3 Å². The molecule has 0 radical (unpaired) electrons. The summed E-state index contributed by atoms with van der Waals surface area (Å²) in [6, 6.07) is 14.1. The minimum atomic E-state index is -3.82. The van der Waals surface area contributed by atoms with Crippen LogP contribution in [0.4, 0.5) is 0 Å². The summed E-state index contributed by atoms with van der Waals surface area (Å²) in [5, 5.41) is 5.23. The van der Waals surface area contributed by atoms with Crippen LogP contribution in [0.1, 0.15) is 12.5 Å². The number of ether oxygens (including phenoxy) is 1. The highest BCUT2D eigenvalue weighted by molar-refractivity contribution is 7.89. The fraction of sp³-hybridized carbons (Fsp3) is 0.200. The lowest BCUT2D eigenvalue weighted by atomic mass is 10.2. The van der Waals surface area contributed by atoms with Crippen molar-refractivity contribution in [3.63, 3.8) is 0 Å². The van der Waals surface area contributed by atoms with Crippen LogP contribution < -0.4 is 9.94 Å². The molecule has 2 aromatic carbocycles. The van der Waals surface area contributed by atoms with Gasteiger partial charge in [0.25, 0.3) is 5.91 Å². The van der Waals surface area contributed by atoms with E-state index in [0.717, 1.165) is 11.1 Å². The molecule has 152 valence electrons. The number of benzene rings is 2. The minimum absolute atomic E-state index is 0.0186. The molecule has 0 unspecified atom stereocenters. The zero-order valence-corrected chi connectivity index (χ0v) is 17.4. The molecule has 3 rings (SSSR count). The van der Waals surface area contributed by atoms with E-state index in [9.17, 15) is 13.2 Å². The molecule has 29 heavy (non-hydrogen) atoms. The van der Waals surface area contributed by atoms with Gasteiger partial charge in [-0.25, -0.2) is 13.6 Å². The van der Waals surface area contributed by atoms with E-state index in [1.807, 2.05) is 41.8 Å². The highest BCUT2D eigenvalue weighted by atomic mass is 32.2. The quantitative estimate of drug-likeness (QED) is 0.458. The number of fused-ring (bicyclic) bond motifs is 1. The summed E-state index contributed by atoms with van der Waals surface area (Å²) in [6.45, 7) is 3.40. The first-order chi connectivity index (χ1) is 13.9. The second kappa shape index (κ2) is 9.27. The molecule has 0 aliphatic heterocycles. The van der Waals surface area contributed by atoms with Gasteiger partial charge < -0.3 is 9.30 Å². The number of hydrogen-bond acceptors (Lipinski definition) is 5. The summed E-state index contributed by atoms with van der Waals surface area (Å²) in [4.78, 5) is 17.1. The van der Waals surface area contributed by atoms with Gasteiger partial charge in [0.05, 0.1) is 21.7 Å². The Morgan fingerprint density at radius 3 is 2.69 bits per heavy atom. The summed E-state index contributed by atoms with van der Waals surface area (Å²) in [7, 11) is -3.82. The second-order valence-corrected chi connectivity index (χ2v) is 8.67. The Hall–Kier alpha value is -2.59. The number of thiazole rings is 1. The Labute approximate surface area is 172 Å². The monoisotopic (exact) mass is 431 g/mol. The normalized spacial score (nSPS) is 12.8. The van der Waals surface area contributed by atoms with E-state index in [2.05, 4.69) is 4.99 Å². The van der Waals surface area contributed by atoms with Crippen LogP contribution in [0.15, 0.2) is 64.5 Å². The molecule has 2 N–H and O–H groups in total. The zero-order chi connectivity index (χ0) is 20.9. The number of sulfonamides is 1. The van der Waals surface area contributed by atoms with E-state index in [4.69, 9.17) is 9.88 Å². The molecule has 0 saturated heterocycles. The largest absolute Gasteiger partial charge is 0.380 e. The Bertz CT molecular complexity index is 1210. The number of nitrogens with zero attached hydrogens (tertiary/aromatic N) is 2. The third-order valence-electron chi connectivity index (χ3n) is 4.07. The van der Waals surface area contributed by atoms with E-state index in [1.54, 1.807) is 12.1 Å². The van der Waals surface area contributed by atoms with E-state index in [0.29, 0.717) is 29.3 Å². The summed E-state index contributed by atoms with van der Waals surface area (Å²) in [5.74, 6) is -0.405. The molecule has 0 aliphatic carbocycles. The summed E-state index contributed by atoms with van der Waals surface area (Å²) < 4.78 is 31.2. The zero-order valence-electron chi connectivity index (χ0n) is 15.8. The molecule has 1 heterocycles. The molecule has 0 atom stereocenters. The lowest BCUT2D eigenvalue weighted by molar-refractivity contribution is -0.113. The lowest BCUT2D eigenvalue weighted by Gasteiger charge is -2.05. The Kier molecular flexibility index (Phi) is 6.75. The van der Waals surface area contributed by atoms with Crippen molar-refractivity contribution in [2.75, 3.05) is 13.2 Å². The van der Waals surface area contributed by atoms with Crippen molar-refractivity contribution in [1.82, 2.24) is 4.57 Å². The molecule has 0 bridgehead atoms. The molecule has 1 aromatic heterocycles. The third kappa shape index (κ3) is 5.48. The van der Waals surface area contributed by atoms with Gasteiger partial charge in [-0.15, -0.1) is 0 Å². The van der Waals surface area contributed by atoms with Gasteiger partial charge in [-0.1, -0.05) is 41.7 Å². The number of primary sulfonamides is 1. The molecule has 0 fully saturated rings. The maximum absolute atomic E-state index is 12.4. The van der Waals surface area contributed by atoms with Gasteiger partial charge in [0.1, 0.15) is 0 Å². The number of amides is 1. The topological polar surface area (TPSA) is 104 Å². The van der Waals surface area contributed by atoms with Crippen molar-refractivity contribution < 1.29 is 17.9 Å².